The second kappa shape index (κ2) is 14.1. The fourth-order valence-corrected chi connectivity index (χ4v) is 4.90. The Morgan fingerprint density at radius 2 is 1.24 bits per heavy atom. The lowest BCUT2D eigenvalue weighted by Crippen LogP contribution is -2.28. The fourth-order valence-electron chi connectivity index (χ4n) is 3.94. The van der Waals surface area contributed by atoms with E-state index in [4.69, 9.17) is 19.2 Å². The van der Waals surface area contributed by atoms with Crippen LogP contribution in [0.15, 0.2) is 108 Å². The molecule has 0 saturated carbocycles. The van der Waals surface area contributed by atoms with E-state index in [1.165, 1.54) is 16.7 Å². The molecule has 6 heteroatoms. The SMILES string of the molecule is CCOc1ccccc1N=C(SCc1ccccc1)N(Cc1ccc(OC)cc1)Cc1ccc(OC)cc1. The van der Waals surface area contributed by atoms with Crippen molar-refractivity contribution in [3.05, 3.63) is 120 Å². The van der Waals surface area contributed by atoms with Gasteiger partial charge in [0.25, 0.3) is 0 Å². The Morgan fingerprint density at radius 1 is 0.684 bits per heavy atom. The summed E-state index contributed by atoms with van der Waals surface area (Å²) in [6.07, 6.45) is 0. The first-order valence-corrected chi connectivity index (χ1v) is 13.6. The average molecular weight is 527 g/mol. The molecule has 0 radical (unpaired) electrons. The van der Waals surface area contributed by atoms with E-state index in [0.29, 0.717) is 19.7 Å². The zero-order valence-electron chi connectivity index (χ0n) is 22.2. The van der Waals surface area contributed by atoms with Gasteiger partial charge in [-0.2, -0.15) is 0 Å². The highest BCUT2D eigenvalue weighted by Gasteiger charge is 2.16. The average Bonchev–Trinajstić information content (AvgIpc) is 2.97. The third-order valence-corrected chi connectivity index (χ3v) is 7.01. The number of hydrogen-bond acceptors (Lipinski definition) is 5. The first-order valence-electron chi connectivity index (χ1n) is 12.7. The second-order valence-electron chi connectivity index (χ2n) is 8.62. The maximum absolute atomic E-state index is 5.91. The molecule has 0 aromatic heterocycles. The standard InChI is InChI=1S/C32H34N2O3S/c1-4-37-31-13-9-8-12-30(31)33-32(38-24-27-10-6-5-7-11-27)34(22-25-14-18-28(35-2)19-15-25)23-26-16-20-29(36-3)21-17-26/h5-21H,4,22-24H2,1-3H3. The Balaban J connectivity index is 1.72. The summed E-state index contributed by atoms with van der Waals surface area (Å²) in [7, 11) is 3.37. The predicted molar refractivity (Wildman–Crippen MR) is 158 cm³/mol. The molecule has 4 aromatic carbocycles. The Labute approximate surface area is 230 Å². The number of nitrogens with zero attached hydrogens (tertiary/aromatic N) is 2. The summed E-state index contributed by atoms with van der Waals surface area (Å²) in [6, 6.07) is 34.9. The zero-order valence-corrected chi connectivity index (χ0v) is 23.0. The van der Waals surface area contributed by atoms with Gasteiger partial charge in [0, 0.05) is 18.8 Å². The van der Waals surface area contributed by atoms with Crippen LogP contribution in [-0.2, 0) is 18.8 Å². The smallest absolute Gasteiger partial charge is 0.165 e. The minimum Gasteiger partial charge on any atom is -0.497 e. The van der Waals surface area contributed by atoms with Crippen molar-refractivity contribution in [3.8, 4) is 17.2 Å². The van der Waals surface area contributed by atoms with Crippen LogP contribution in [-0.4, -0.2) is 30.9 Å². The quantitative estimate of drug-likeness (QED) is 0.148. The van der Waals surface area contributed by atoms with Crippen molar-refractivity contribution in [2.24, 2.45) is 4.99 Å². The molecule has 196 valence electrons. The third kappa shape index (κ3) is 7.80. The van der Waals surface area contributed by atoms with E-state index < -0.39 is 0 Å². The van der Waals surface area contributed by atoms with Crippen molar-refractivity contribution >= 4 is 22.6 Å². The van der Waals surface area contributed by atoms with Gasteiger partial charge >= 0.3 is 0 Å². The van der Waals surface area contributed by atoms with E-state index in [2.05, 4.69) is 53.4 Å². The summed E-state index contributed by atoms with van der Waals surface area (Å²) >= 11 is 1.73. The number of hydrogen-bond donors (Lipinski definition) is 0. The van der Waals surface area contributed by atoms with Crippen LogP contribution in [0.4, 0.5) is 5.69 Å². The Morgan fingerprint density at radius 3 is 1.79 bits per heavy atom. The Hall–Kier alpha value is -3.90. The van der Waals surface area contributed by atoms with Gasteiger partial charge in [-0.3, -0.25) is 0 Å². The molecule has 0 fully saturated rings. The van der Waals surface area contributed by atoms with Crippen LogP contribution >= 0.6 is 11.8 Å². The number of aliphatic imine (C=N–C) groups is 1. The maximum Gasteiger partial charge on any atom is 0.165 e. The van der Waals surface area contributed by atoms with Crippen molar-refractivity contribution in [1.82, 2.24) is 4.90 Å². The highest BCUT2D eigenvalue weighted by atomic mass is 32.2. The summed E-state index contributed by atoms with van der Waals surface area (Å²) < 4.78 is 16.7. The van der Waals surface area contributed by atoms with Gasteiger partial charge < -0.3 is 19.1 Å². The zero-order chi connectivity index (χ0) is 26.6. The molecule has 0 saturated heterocycles. The van der Waals surface area contributed by atoms with E-state index in [0.717, 1.165) is 33.9 Å². The Bertz CT molecular complexity index is 1240. The molecule has 0 spiro atoms. The highest BCUT2D eigenvalue weighted by Crippen LogP contribution is 2.31. The van der Waals surface area contributed by atoms with Crippen LogP contribution in [0.25, 0.3) is 0 Å². The fraction of sp³-hybridized carbons (Fsp3) is 0.219. The van der Waals surface area contributed by atoms with Crippen molar-refractivity contribution in [2.75, 3.05) is 20.8 Å². The molecular weight excluding hydrogens is 492 g/mol. The summed E-state index contributed by atoms with van der Waals surface area (Å²) in [6.45, 7) is 3.95. The molecule has 0 N–H and O–H groups in total. The van der Waals surface area contributed by atoms with Crippen molar-refractivity contribution in [3.63, 3.8) is 0 Å². The minimum atomic E-state index is 0.584. The van der Waals surface area contributed by atoms with Crippen molar-refractivity contribution in [2.45, 2.75) is 25.8 Å². The summed E-state index contributed by atoms with van der Waals surface area (Å²) in [5, 5.41) is 0.924. The minimum absolute atomic E-state index is 0.584. The largest absolute Gasteiger partial charge is 0.497 e. The van der Waals surface area contributed by atoms with E-state index in [9.17, 15) is 0 Å². The summed E-state index contributed by atoms with van der Waals surface area (Å²) in [5.41, 5.74) is 4.41. The molecule has 4 aromatic rings. The normalized spacial score (nSPS) is 11.2. The number of rotatable bonds is 11. The van der Waals surface area contributed by atoms with E-state index >= 15 is 0 Å². The third-order valence-electron chi connectivity index (χ3n) is 5.93. The molecular formula is C32H34N2O3S. The van der Waals surface area contributed by atoms with Crippen LogP contribution in [0.5, 0.6) is 17.2 Å². The monoisotopic (exact) mass is 526 g/mol. The molecule has 0 aliphatic heterocycles. The lowest BCUT2D eigenvalue weighted by Gasteiger charge is -2.27. The topological polar surface area (TPSA) is 43.3 Å². The number of benzene rings is 4. The lowest BCUT2D eigenvalue weighted by molar-refractivity contribution is 0.341. The van der Waals surface area contributed by atoms with Gasteiger partial charge in [0.15, 0.2) is 5.17 Å². The predicted octanol–water partition coefficient (Wildman–Crippen LogP) is 7.73. The molecule has 5 nitrogen and oxygen atoms in total. The van der Waals surface area contributed by atoms with Crippen LogP contribution in [0.2, 0.25) is 0 Å². The maximum atomic E-state index is 5.91. The van der Waals surface area contributed by atoms with E-state index in [1.807, 2.05) is 61.5 Å². The molecule has 0 atom stereocenters. The molecule has 0 aliphatic carbocycles. The molecule has 0 unspecified atom stereocenters. The van der Waals surface area contributed by atoms with Crippen LogP contribution in [0.1, 0.15) is 23.6 Å². The highest BCUT2D eigenvalue weighted by molar-refractivity contribution is 8.13. The molecule has 0 heterocycles. The molecule has 0 bridgehead atoms. The number of methoxy groups -OCH3 is 2. The van der Waals surface area contributed by atoms with Gasteiger partial charge in [0.2, 0.25) is 0 Å². The van der Waals surface area contributed by atoms with E-state index in [-0.39, 0.29) is 0 Å². The van der Waals surface area contributed by atoms with Gasteiger partial charge in [0.05, 0.1) is 20.8 Å². The van der Waals surface area contributed by atoms with Gasteiger partial charge in [-0.1, -0.05) is 78.5 Å². The van der Waals surface area contributed by atoms with Gasteiger partial charge in [-0.05, 0) is 60.0 Å². The van der Waals surface area contributed by atoms with Gasteiger partial charge in [-0.15, -0.1) is 0 Å². The lowest BCUT2D eigenvalue weighted by atomic mass is 10.1. The van der Waals surface area contributed by atoms with E-state index in [1.54, 1.807) is 26.0 Å². The Kier molecular flexibility index (Phi) is 10.1. The van der Waals surface area contributed by atoms with Crippen LogP contribution < -0.4 is 14.2 Å². The number of para-hydroxylation sites is 2. The molecule has 0 aliphatic rings. The summed E-state index contributed by atoms with van der Waals surface area (Å²) in [4.78, 5) is 7.50. The van der Waals surface area contributed by atoms with Gasteiger partial charge in [0.1, 0.15) is 22.9 Å². The van der Waals surface area contributed by atoms with Crippen molar-refractivity contribution < 1.29 is 14.2 Å². The summed E-state index contributed by atoms with van der Waals surface area (Å²) in [5.74, 6) is 3.27. The second-order valence-corrected chi connectivity index (χ2v) is 9.56. The van der Waals surface area contributed by atoms with Crippen molar-refractivity contribution in [1.29, 1.82) is 0 Å². The number of thioether (sulfide) groups is 1. The number of ether oxygens (including phenoxy) is 3. The molecule has 0 amide bonds. The van der Waals surface area contributed by atoms with Crippen LogP contribution in [0, 0.1) is 0 Å². The molecule has 38 heavy (non-hydrogen) atoms. The number of amidine groups is 1. The van der Waals surface area contributed by atoms with Crippen LogP contribution in [0.3, 0.4) is 0 Å². The first-order chi connectivity index (χ1) is 18.7. The van der Waals surface area contributed by atoms with Gasteiger partial charge in [-0.25, -0.2) is 4.99 Å². The molecule has 4 rings (SSSR count). The first kappa shape index (κ1) is 27.1.